The highest BCUT2D eigenvalue weighted by Gasteiger charge is 2.24. The highest BCUT2D eigenvalue weighted by atomic mass is 16.1. The van der Waals surface area contributed by atoms with Crippen molar-refractivity contribution in [2.24, 2.45) is 5.73 Å². The Bertz CT molecular complexity index is 420. The number of primary amides is 1. The molecule has 82 valence electrons. The first-order valence-electron chi connectivity index (χ1n) is 5.19. The molecule has 1 aromatic rings. The van der Waals surface area contributed by atoms with Crippen LogP contribution in [0.3, 0.4) is 0 Å². The Morgan fingerprint density at radius 2 is 2.00 bits per heavy atom. The molecule has 2 heterocycles. The van der Waals surface area contributed by atoms with Crippen LogP contribution in [0.1, 0.15) is 27.3 Å². The van der Waals surface area contributed by atoms with Gasteiger partial charge in [0.15, 0.2) is 0 Å². The molecule has 1 aliphatic rings. The normalized spacial score (nSPS) is 16.5. The van der Waals surface area contributed by atoms with E-state index in [1.807, 2.05) is 6.92 Å². The van der Waals surface area contributed by atoms with Crippen LogP contribution in [-0.2, 0) is 13.1 Å². The van der Waals surface area contributed by atoms with Gasteiger partial charge in [0.25, 0.3) is 5.91 Å². The van der Waals surface area contributed by atoms with Crippen LogP contribution >= 0.6 is 0 Å². The fraction of sp³-hybridized carbons (Fsp3) is 0.545. The molecular weight excluding hydrogens is 190 g/mol. The molecule has 2 rings (SSSR count). The number of likely N-dealkylation sites (N-methyl/N-ethyl adjacent to an activating group) is 1. The van der Waals surface area contributed by atoms with Crippen LogP contribution in [0.4, 0.5) is 0 Å². The van der Waals surface area contributed by atoms with Crippen molar-refractivity contribution in [2.45, 2.75) is 26.9 Å². The maximum absolute atomic E-state index is 11.4. The van der Waals surface area contributed by atoms with Gasteiger partial charge in [0, 0.05) is 31.0 Å². The molecule has 0 unspecified atom stereocenters. The average Bonchev–Trinajstić information content (AvgIpc) is 2.39. The van der Waals surface area contributed by atoms with E-state index in [4.69, 9.17) is 5.73 Å². The number of carbonyl (C=O) groups is 1. The molecule has 15 heavy (non-hydrogen) atoms. The zero-order chi connectivity index (χ0) is 11.2. The Balaban J connectivity index is 2.61. The van der Waals surface area contributed by atoms with Crippen molar-refractivity contribution in [3.05, 3.63) is 22.5 Å². The average molecular weight is 207 g/mol. The molecule has 0 fully saturated rings. The van der Waals surface area contributed by atoms with E-state index in [0.29, 0.717) is 0 Å². The van der Waals surface area contributed by atoms with Crippen LogP contribution in [-0.4, -0.2) is 29.0 Å². The van der Waals surface area contributed by atoms with Gasteiger partial charge in [0.1, 0.15) is 0 Å². The van der Waals surface area contributed by atoms with Crippen molar-refractivity contribution in [2.75, 3.05) is 13.6 Å². The van der Waals surface area contributed by atoms with Crippen LogP contribution in [0.2, 0.25) is 0 Å². The van der Waals surface area contributed by atoms with Gasteiger partial charge >= 0.3 is 0 Å². The SMILES string of the molecule is Cc1c(C(N)=O)c2n(c1C)CCN(C)C2. The summed E-state index contributed by atoms with van der Waals surface area (Å²) in [4.78, 5) is 13.6. The van der Waals surface area contributed by atoms with E-state index < -0.39 is 0 Å². The maximum Gasteiger partial charge on any atom is 0.250 e. The van der Waals surface area contributed by atoms with Crippen molar-refractivity contribution in [1.82, 2.24) is 9.47 Å². The highest BCUT2D eigenvalue weighted by Crippen LogP contribution is 2.25. The van der Waals surface area contributed by atoms with Gasteiger partial charge in [-0.2, -0.15) is 0 Å². The minimum absolute atomic E-state index is 0.306. The summed E-state index contributed by atoms with van der Waals surface area (Å²) >= 11 is 0. The van der Waals surface area contributed by atoms with Gasteiger partial charge in [0.05, 0.1) is 5.56 Å². The van der Waals surface area contributed by atoms with E-state index in [1.165, 1.54) is 5.69 Å². The Labute approximate surface area is 89.7 Å². The molecule has 0 aromatic carbocycles. The number of aromatic nitrogens is 1. The molecular formula is C11H17N3O. The first kappa shape index (κ1) is 10.2. The maximum atomic E-state index is 11.4. The molecule has 0 aliphatic carbocycles. The second kappa shape index (κ2) is 3.38. The number of rotatable bonds is 1. The van der Waals surface area contributed by atoms with Gasteiger partial charge in [-0.3, -0.25) is 9.69 Å². The Morgan fingerprint density at radius 3 is 2.60 bits per heavy atom. The zero-order valence-electron chi connectivity index (χ0n) is 9.50. The summed E-state index contributed by atoms with van der Waals surface area (Å²) in [5.74, 6) is -0.306. The smallest absolute Gasteiger partial charge is 0.250 e. The number of nitrogens with two attached hydrogens (primary N) is 1. The molecule has 0 radical (unpaired) electrons. The Morgan fingerprint density at radius 1 is 1.33 bits per heavy atom. The van der Waals surface area contributed by atoms with Crippen LogP contribution < -0.4 is 5.73 Å². The standard InChI is InChI=1S/C11H17N3O/c1-7-8(2)14-5-4-13(3)6-9(14)10(7)11(12)15/h4-6H2,1-3H3,(H2,12,15). The molecule has 4 heteroatoms. The van der Waals surface area contributed by atoms with Gasteiger partial charge in [-0.25, -0.2) is 0 Å². The molecule has 0 atom stereocenters. The highest BCUT2D eigenvalue weighted by molar-refractivity contribution is 5.96. The van der Waals surface area contributed by atoms with E-state index >= 15 is 0 Å². The summed E-state index contributed by atoms with van der Waals surface area (Å²) < 4.78 is 2.22. The van der Waals surface area contributed by atoms with E-state index in [0.717, 1.165) is 36.5 Å². The lowest BCUT2D eigenvalue weighted by atomic mass is 10.1. The van der Waals surface area contributed by atoms with Crippen molar-refractivity contribution >= 4 is 5.91 Å². The lowest BCUT2D eigenvalue weighted by molar-refractivity contribution is 0.0997. The van der Waals surface area contributed by atoms with Gasteiger partial charge in [0.2, 0.25) is 0 Å². The van der Waals surface area contributed by atoms with Crippen LogP contribution in [0.15, 0.2) is 0 Å². The number of hydrogen-bond acceptors (Lipinski definition) is 2. The fourth-order valence-corrected chi connectivity index (χ4v) is 2.34. The second-order valence-electron chi connectivity index (χ2n) is 4.29. The summed E-state index contributed by atoms with van der Waals surface area (Å²) in [6, 6.07) is 0. The van der Waals surface area contributed by atoms with Crippen molar-refractivity contribution in [3.8, 4) is 0 Å². The first-order chi connectivity index (χ1) is 7.02. The van der Waals surface area contributed by atoms with Crippen LogP contribution in [0.5, 0.6) is 0 Å². The molecule has 2 N–H and O–H groups in total. The molecule has 0 bridgehead atoms. The number of hydrogen-bond donors (Lipinski definition) is 1. The van der Waals surface area contributed by atoms with E-state index in [-0.39, 0.29) is 5.91 Å². The van der Waals surface area contributed by atoms with Crippen molar-refractivity contribution in [3.63, 3.8) is 0 Å². The van der Waals surface area contributed by atoms with Crippen LogP contribution in [0, 0.1) is 13.8 Å². The van der Waals surface area contributed by atoms with E-state index in [9.17, 15) is 4.79 Å². The first-order valence-corrected chi connectivity index (χ1v) is 5.19. The van der Waals surface area contributed by atoms with E-state index in [2.05, 4.69) is 23.4 Å². The lowest BCUT2D eigenvalue weighted by Crippen LogP contribution is -2.32. The number of amides is 1. The van der Waals surface area contributed by atoms with Crippen molar-refractivity contribution < 1.29 is 4.79 Å². The lowest BCUT2D eigenvalue weighted by Gasteiger charge is -2.26. The minimum atomic E-state index is -0.306. The number of nitrogens with zero attached hydrogens (tertiary/aromatic N) is 2. The third-order valence-electron chi connectivity index (χ3n) is 3.31. The predicted octanol–water partition coefficient (Wildman–Crippen LogP) is 0.649. The number of fused-ring (bicyclic) bond motifs is 1. The third-order valence-corrected chi connectivity index (χ3v) is 3.31. The fourth-order valence-electron chi connectivity index (χ4n) is 2.34. The summed E-state index contributed by atoms with van der Waals surface area (Å²) in [5.41, 5.74) is 9.43. The minimum Gasteiger partial charge on any atom is -0.366 e. The topological polar surface area (TPSA) is 51.3 Å². The quantitative estimate of drug-likeness (QED) is 0.735. The molecule has 4 nitrogen and oxygen atoms in total. The van der Waals surface area contributed by atoms with Gasteiger partial charge in [-0.1, -0.05) is 0 Å². The van der Waals surface area contributed by atoms with Gasteiger partial charge < -0.3 is 10.3 Å². The number of carbonyl (C=O) groups excluding carboxylic acids is 1. The summed E-state index contributed by atoms with van der Waals surface area (Å²) in [7, 11) is 2.06. The van der Waals surface area contributed by atoms with Gasteiger partial charge in [-0.05, 0) is 26.5 Å². The zero-order valence-corrected chi connectivity index (χ0v) is 9.50. The summed E-state index contributed by atoms with van der Waals surface area (Å²) in [6.45, 7) is 6.82. The summed E-state index contributed by atoms with van der Waals surface area (Å²) in [5, 5.41) is 0. The van der Waals surface area contributed by atoms with Gasteiger partial charge in [-0.15, -0.1) is 0 Å². The second-order valence-corrected chi connectivity index (χ2v) is 4.29. The Hall–Kier alpha value is -1.29. The molecule has 1 aliphatic heterocycles. The van der Waals surface area contributed by atoms with Crippen molar-refractivity contribution in [1.29, 1.82) is 0 Å². The third kappa shape index (κ3) is 1.45. The van der Waals surface area contributed by atoms with E-state index in [1.54, 1.807) is 0 Å². The molecule has 1 amide bonds. The predicted molar refractivity (Wildman–Crippen MR) is 58.8 cm³/mol. The Kier molecular flexibility index (Phi) is 2.31. The largest absolute Gasteiger partial charge is 0.366 e. The summed E-state index contributed by atoms with van der Waals surface area (Å²) in [6.07, 6.45) is 0. The molecule has 1 aromatic heterocycles. The molecule has 0 spiro atoms. The monoisotopic (exact) mass is 207 g/mol. The van der Waals surface area contributed by atoms with Crippen LogP contribution in [0.25, 0.3) is 0 Å². The molecule has 0 saturated carbocycles. The molecule has 0 saturated heterocycles.